The predicted molar refractivity (Wildman–Crippen MR) is 144 cm³/mol. The molecular weight excluding hydrogens is 486 g/mol. The number of hydrogen-bond donors (Lipinski definition) is 3. The third-order valence-corrected chi connectivity index (χ3v) is 6.84. The highest BCUT2D eigenvalue weighted by molar-refractivity contribution is 5.96. The van der Waals surface area contributed by atoms with Crippen LogP contribution >= 0.6 is 0 Å². The molecule has 38 heavy (non-hydrogen) atoms. The molecule has 0 bridgehead atoms. The third kappa shape index (κ3) is 5.45. The van der Waals surface area contributed by atoms with Gasteiger partial charge >= 0.3 is 0 Å². The smallest absolute Gasteiger partial charge is 0.163 e. The fourth-order valence-corrected chi connectivity index (χ4v) is 4.40. The molecule has 3 heterocycles. The van der Waals surface area contributed by atoms with Gasteiger partial charge in [0.15, 0.2) is 23.0 Å². The Balaban J connectivity index is 1.60. The van der Waals surface area contributed by atoms with Crippen LogP contribution in [0.1, 0.15) is 54.0 Å². The molecule has 4 N–H and O–H groups in total. The summed E-state index contributed by atoms with van der Waals surface area (Å²) in [7, 11) is 3.38. The van der Waals surface area contributed by atoms with Gasteiger partial charge in [-0.3, -0.25) is 4.79 Å². The Morgan fingerprint density at radius 1 is 1.32 bits per heavy atom. The van der Waals surface area contributed by atoms with Crippen molar-refractivity contribution in [2.24, 2.45) is 5.73 Å². The van der Waals surface area contributed by atoms with Gasteiger partial charge in [0.2, 0.25) is 0 Å². The molecule has 2 aliphatic rings. The van der Waals surface area contributed by atoms with E-state index in [9.17, 15) is 9.90 Å². The van der Waals surface area contributed by atoms with Crippen molar-refractivity contribution in [2.45, 2.75) is 37.8 Å². The molecule has 2 aliphatic heterocycles. The Kier molecular flexibility index (Phi) is 7.64. The van der Waals surface area contributed by atoms with Crippen LogP contribution in [0.25, 0.3) is 5.57 Å². The number of Topliss-reactive ketones (excluding diaryl/α,β-unsaturated/α-hetero) is 1. The first kappa shape index (κ1) is 27.4. The van der Waals surface area contributed by atoms with E-state index in [1.54, 1.807) is 31.2 Å². The molecule has 4 rings (SSSR count). The average Bonchev–Trinajstić information content (AvgIpc) is 3.21. The number of likely N-dealkylation sites (N-methyl/N-ethyl adjacent to an activating group) is 1. The molecule has 0 amide bonds. The Bertz CT molecular complexity index is 1310. The summed E-state index contributed by atoms with van der Waals surface area (Å²) in [6.45, 7) is 7.80. The number of hydrogen-bond acceptors (Lipinski definition) is 9. The van der Waals surface area contributed by atoms with Crippen molar-refractivity contribution in [1.82, 2.24) is 9.88 Å². The molecule has 9 nitrogen and oxygen atoms in total. The molecule has 0 saturated heterocycles. The van der Waals surface area contributed by atoms with Crippen LogP contribution in [0.5, 0.6) is 17.2 Å². The number of benzene rings is 1. The number of aliphatic hydroxyl groups is 2. The van der Waals surface area contributed by atoms with Crippen molar-refractivity contribution in [3.63, 3.8) is 0 Å². The van der Waals surface area contributed by atoms with Crippen LogP contribution in [0.15, 0.2) is 54.9 Å². The SMILES string of the molecule is C=C1C=CC(c2nc(C(C)(O)CCC(=O)c3ccc(OCCO)c(OC)c3)cc3c2OCC3(C)N)=CN1C. The zero-order valence-corrected chi connectivity index (χ0v) is 22.3. The highest BCUT2D eigenvalue weighted by atomic mass is 16.5. The lowest BCUT2D eigenvalue weighted by molar-refractivity contribution is 0.0395. The molecule has 0 fully saturated rings. The van der Waals surface area contributed by atoms with Gasteiger partial charge in [-0.25, -0.2) is 4.98 Å². The maximum Gasteiger partial charge on any atom is 0.163 e. The molecule has 2 unspecified atom stereocenters. The van der Waals surface area contributed by atoms with Crippen molar-refractivity contribution in [1.29, 1.82) is 0 Å². The fourth-order valence-electron chi connectivity index (χ4n) is 4.40. The number of pyridine rings is 1. The summed E-state index contributed by atoms with van der Waals surface area (Å²) < 4.78 is 16.7. The molecule has 2 aromatic rings. The second-order valence-electron chi connectivity index (χ2n) is 10.1. The van der Waals surface area contributed by atoms with E-state index in [0.29, 0.717) is 40.8 Å². The van der Waals surface area contributed by atoms with E-state index < -0.39 is 11.1 Å². The van der Waals surface area contributed by atoms with E-state index in [4.69, 9.17) is 30.0 Å². The van der Waals surface area contributed by atoms with E-state index in [0.717, 1.165) is 16.8 Å². The minimum atomic E-state index is -1.42. The van der Waals surface area contributed by atoms with E-state index >= 15 is 0 Å². The first-order valence-corrected chi connectivity index (χ1v) is 12.4. The van der Waals surface area contributed by atoms with Crippen molar-refractivity contribution in [3.05, 3.63) is 77.4 Å². The summed E-state index contributed by atoms with van der Waals surface area (Å²) in [5.41, 5.74) is 8.18. The second kappa shape index (κ2) is 10.6. The normalized spacial score (nSPS) is 19.9. The van der Waals surface area contributed by atoms with Crippen molar-refractivity contribution >= 4 is 11.4 Å². The van der Waals surface area contributed by atoms with E-state index in [-0.39, 0.29) is 31.8 Å². The summed E-state index contributed by atoms with van der Waals surface area (Å²) in [5.74, 6) is 1.26. The number of carbonyl (C=O) groups excluding carboxylic acids is 1. The Hall–Kier alpha value is -3.66. The molecule has 0 saturated carbocycles. The molecule has 0 radical (unpaired) electrons. The number of aromatic nitrogens is 1. The number of carbonyl (C=O) groups is 1. The van der Waals surface area contributed by atoms with Crippen LogP contribution in [0.3, 0.4) is 0 Å². The first-order chi connectivity index (χ1) is 18.0. The van der Waals surface area contributed by atoms with Crippen LogP contribution < -0.4 is 19.9 Å². The van der Waals surface area contributed by atoms with E-state index in [2.05, 4.69) is 6.58 Å². The zero-order valence-electron chi connectivity index (χ0n) is 22.3. The first-order valence-electron chi connectivity index (χ1n) is 12.4. The fraction of sp³-hybridized carbons (Fsp3) is 0.379. The van der Waals surface area contributed by atoms with Gasteiger partial charge in [-0.05, 0) is 56.7 Å². The summed E-state index contributed by atoms with van der Waals surface area (Å²) >= 11 is 0. The summed E-state index contributed by atoms with van der Waals surface area (Å²) in [5, 5.41) is 20.5. The maximum absolute atomic E-state index is 13.0. The van der Waals surface area contributed by atoms with Gasteiger partial charge in [0, 0.05) is 42.1 Å². The Morgan fingerprint density at radius 2 is 2.08 bits per heavy atom. The van der Waals surface area contributed by atoms with Crippen LogP contribution in [0.2, 0.25) is 0 Å². The van der Waals surface area contributed by atoms with E-state index in [1.807, 2.05) is 37.2 Å². The van der Waals surface area contributed by atoms with E-state index in [1.165, 1.54) is 7.11 Å². The highest BCUT2D eigenvalue weighted by Crippen LogP contribution is 2.43. The lowest BCUT2D eigenvalue weighted by atomic mass is 9.87. The quantitative estimate of drug-likeness (QED) is 0.404. The van der Waals surface area contributed by atoms with Gasteiger partial charge in [-0.15, -0.1) is 0 Å². The summed E-state index contributed by atoms with van der Waals surface area (Å²) in [6.07, 6.45) is 5.91. The number of methoxy groups -OCH3 is 1. The summed E-state index contributed by atoms with van der Waals surface area (Å²) in [4.78, 5) is 19.7. The Labute approximate surface area is 222 Å². The van der Waals surface area contributed by atoms with Gasteiger partial charge in [0.1, 0.15) is 24.5 Å². The molecule has 202 valence electrons. The number of aliphatic hydroxyl groups excluding tert-OH is 1. The monoisotopic (exact) mass is 521 g/mol. The molecule has 0 aliphatic carbocycles. The lowest BCUT2D eigenvalue weighted by Gasteiger charge is -2.26. The standard InChI is InChI=1S/C29H35N3O6/c1-18-6-7-20(16-32(18)4)26-27-21(28(2,30)17-38-27)15-25(31-26)29(3,35)11-10-22(34)19-8-9-23(37-13-12-33)24(14-19)36-5/h6-9,14-16,33,35H,1,10-13,17,30H2,2-5H3. The number of nitrogens with zero attached hydrogens (tertiary/aromatic N) is 2. The molecule has 1 aromatic carbocycles. The molecule has 0 spiro atoms. The topological polar surface area (TPSA) is 127 Å². The highest BCUT2D eigenvalue weighted by Gasteiger charge is 2.38. The van der Waals surface area contributed by atoms with Gasteiger partial charge in [-0.1, -0.05) is 6.58 Å². The van der Waals surface area contributed by atoms with Crippen LogP contribution in [-0.2, 0) is 11.1 Å². The molecule has 1 aromatic heterocycles. The van der Waals surface area contributed by atoms with Gasteiger partial charge in [0.25, 0.3) is 0 Å². The van der Waals surface area contributed by atoms with Crippen LogP contribution in [-0.4, -0.2) is 59.9 Å². The number of ether oxygens (including phenoxy) is 3. The minimum Gasteiger partial charge on any atom is -0.493 e. The van der Waals surface area contributed by atoms with Gasteiger partial charge < -0.3 is 35.1 Å². The number of ketones is 1. The van der Waals surface area contributed by atoms with Crippen molar-refractivity contribution in [3.8, 4) is 17.2 Å². The number of fused-ring (bicyclic) bond motifs is 1. The lowest BCUT2D eigenvalue weighted by Crippen LogP contribution is -2.35. The molecule has 2 atom stereocenters. The minimum absolute atomic E-state index is 0.0721. The largest absolute Gasteiger partial charge is 0.493 e. The van der Waals surface area contributed by atoms with Crippen molar-refractivity contribution < 1.29 is 29.2 Å². The second-order valence-corrected chi connectivity index (χ2v) is 10.1. The summed E-state index contributed by atoms with van der Waals surface area (Å²) in [6, 6.07) is 6.65. The number of rotatable bonds is 10. The van der Waals surface area contributed by atoms with Gasteiger partial charge in [0.05, 0.1) is 24.9 Å². The average molecular weight is 522 g/mol. The van der Waals surface area contributed by atoms with Crippen molar-refractivity contribution in [2.75, 3.05) is 34.0 Å². The van der Waals surface area contributed by atoms with Crippen LogP contribution in [0, 0.1) is 0 Å². The molecular formula is C29H35N3O6. The van der Waals surface area contributed by atoms with Gasteiger partial charge in [-0.2, -0.15) is 0 Å². The zero-order chi connectivity index (χ0) is 27.7. The van der Waals surface area contributed by atoms with Crippen LogP contribution in [0.4, 0.5) is 0 Å². The Morgan fingerprint density at radius 3 is 2.76 bits per heavy atom. The molecule has 9 heteroatoms. The third-order valence-electron chi connectivity index (χ3n) is 6.84. The number of allylic oxidation sites excluding steroid dienone is 3. The number of nitrogens with two attached hydrogens (primary N) is 1. The predicted octanol–water partition coefficient (Wildman–Crippen LogP) is 3.25. The maximum atomic E-state index is 13.0.